The van der Waals surface area contributed by atoms with Crippen molar-refractivity contribution in [2.24, 2.45) is 0 Å². The Labute approximate surface area is 167 Å². The predicted octanol–water partition coefficient (Wildman–Crippen LogP) is 3.42. The molecule has 1 aromatic heterocycles. The van der Waals surface area contributed by atoms with Crippen molar-refractivity contribution in [1.82, 2.24) is 9.55 Å². The Balaban J connectivity index is 2.11. The van der Waals surface area contributed by atoms with Gasteiger partial charge in [-0.1, -0.05) is 42.1 Å². The summed E-state index contributed by atoms with van der Waals surface area (Å²) in [5.41, 5.74) is 1.62. The van der Waals surface area contributed by atoms with Gasteiger partial charge in [0, 0.05) is 5.25 Å². The minimum absolute atomic E-state index is 0.0505. The van der Waals surface area contributed by atoms with E-state index in [1.807, 2.05) is 37.3 Å². The first-order chi connectivity index (χ1) is 13.4. The second-order valence-electron chi connectivity index (χ2n) is 6.55. The number of nitrogens with zero attached hydrogens (tertiary/aromatic N) is 2. The standard InChI is InChI=1S/C21H22N2O4S/c1-13(24)12-23-19(25)17-10-9-16(20(26)27-3)11-18(17)22-21(23)28-14(2)15-7-5-4-6-8-15/h4-11,13-14,24H,12H2,1-3H3/t13-,14+/m1/s1. The lowest BCUT2D eigenvalue weighted by Gasteiger charge is -2.17. The molecular formula is C21H22N2O4S. The highest BCUT2D eigenvalue weighted by Crippen LogP contribution is 2.33. The molecule has 6 nitrogen and oxygen atoms in total. The average Bonchev–Trinajstić information content (AvgIpc) is 2.70. The van der Waals surface area contributed by atoms with Crippen molar-refractivity contribution >= 4 is 28.6 Å². The number of rotatable bonds is 6. The maximum Gasteiger partial charge on any atom is 0.337 e. The molecule has 7 heteroatoms. The van der Waals surface area contributed by atoms with Crippen LogP contribution in [0.3, 0.4) is 0 Å². The number of esters is 1. The Morgan fingerprint density at radius 1 is 1.21 bits per heavy atom. The Kier molecular flexibility index (Phi) is 6.16. The number of benzene rings is 2. The molecule has 146 valence electrons. The molecule has 0 aliphatic carbocycles. The second kappa shape index (κ2) is 8.58. The molecule has 2 atom stereocenters. The van der Waals surface area contributed by atoms with Gasteiger partial charge in [0.25, 0.3) is 5.56 Å². The SMILES string of the molecule is COC(=O)c1ccc2c(=O)n(C[C@@H](C)O)c(S[C@@H](C)c3ccccc3)nc2c1. The van der Waals surface area contributed by atoms with Gasteiger partial charge in [0.05, 0.1) is 36.2 Å². The zero-order valence-corrected chi connectivity index (χ0v) is 16.8. The van der Waals surface area contributed by atoms with Crippen LogP contribution in [0.25, 0.3) is 10.9 Å². The third-order valence-corrected chi connectivity index (χ3v) is 5.49. The van der Waals surface area contributed by atoms with Crippen LogP contribution in [0.15, 0.2) is 58.5 Å². The highest BCUT2D eigenvalue weighted by molar-refractivity contribution is 7.99. The minimum atomic E-state index is -0.697. The lowest BCUT2D eigenvalue weighted by Crippen LogP contribution is -2.28. The van der Waals surface area contributed by atoms with Gasteiger partial charge in [0.2, 0.25) is 0 Å². The predicted molar refractivity (Wildman–Crippen MR) is 110 cm³/mol. The number of aliphatic hydroxyl groups excluding tert-OH is 1. The molecule has 0 saturated heterocycles. The molecule has 0 spiro atoms. The van der Waals surface area contributed by atoms with E-state index >= 15 is 0 Å². The van der Waals surface area contributed by atoms with Gasteiger partial charge in [-0.25, -0.2) is 9.78 Å². The third kappa shape index (κ3) is 4.26. The number of aliphatic hydroxyl groups is 1. The quantitative estimate of drug-likeness (QED) is 0.389. The number of aromatic nitrogens is 2. The first kappa shape index (κ1) is 20.1. The summed E-state index contributed by atoms with van der Waals surface area (Å²) in [5.74, 6) is -0.483. The van der Waals surface area contributed by atoms with Crippen molar-refractivity contribution in [3.8, 4) is 0 Å². The zero-order valence-electron chi connectivity index (χ0n) is 16.0. The van der Waals surface area contributed by atoms with Crippen LogP contribution in [0.1, 0.15) is 35.0 Å². The van der Waals surface area contributed by atoms with E-state index in [-0.39, 0.29) is 17.4 Å². The normalized spacial score (nSPS) is 13.3. The molecule has 0 unspecified atom stereocenters. The number of carbonyl (C=O) groups is 1. The number of thioether (sulfide) groups is 1. The summed E-state index contributed by atoms with van der Waals surface area (Å²) >= 11 is 1.44. The fourth-order valence-electron chi connectivity index (χ4n) is 2.91. The van der Waals surface area contributed by atoms with Gasteiger partial charge in [-0.05, 0) is 37.6 Å². The number of ether oxygens (including phenoxy) is 1. The summed E-state index contributed by atoms with van der Waals surface area (Å²) in [5, 5.41) is 10.8. The van der Waals surface area contributed by atoms with Crippen LogP contribution in [0.2, 0.25) is 0 Å². The molecule has 0 bridgehead atoms. The Morgan fingerprint density at radius 3 is 2.57 bits per heavy atom. The summed E-state index contributed by atoms with van der Waals surface area (Å²) in [4.78, 5) is 29.5. The maximum atomic E-state index is 13.0. The first-order valence-corrected chi connectivity index (χ1v) is 9.81. The maximum absolute atomic E-state index is 13.0. The van der Waals surface area contributed by atoms with E-state index in [1.54, 1.807) is 25.1 Å². The van der Waals surface area contributed by atoms with Gasteiger partial charge in [0.1, 0.15) is 0 Å². The highest BCUT2D eigenvalue weighted by Gasteiger charge is 2.18. The zero-order chi connectivity index (χ0) is 20.3. The second-order valence-corrected chi connectivity index (χ2v) is 7.86. The van der Waals surface area contributed by atoms with Gasteiger partial charge in [-0.2, -0.15) is 0 Å². The van der Waals surface area contributed by atoms with Gasteiger partial charge in [-0.3, -0.25) is 9.36 Å². The number of fused-ring (bicyclic) bond motifs is 1. The molecule has 0 fully saturated rings. The van der Waals surface area contributed by atoms with Crippen molar-refractivity contribution < 1.29 is 14.6 Å². The van der Waals surface area contributed by atoms with Gasteiger partial charge < -0.3 is 9.84 Å². The summed E-state index contributed by atoms with van der Waals surface area (Å²) in [6.45, 7) is 3.81. The molecule has 3 rings (SSSR count). The molecule has 0 aliphatic rings. The number of hydrogen-bond donors (Lipinski definition) is 1. The van der Waals surface area contributed by atoms with Crippen LogP contribution < -0.4 is 5.56 Å². The van der Waals surface area contributed by atoms with Crippen LogP contribution in [0.4, 0.5) is 0 Å². The van der Waals surface area contributed by atoms with Crippen molar-refractivity contribution in [2.75, 3.05) is 7.11 Å². The van der Waals surface area contributed by atoms with E-state index < -0.39 is 12.1 Å². The monoisotopic (exact) mass is 398 g/mol. The van der Waals surface area contributed by atoms with Crippen molar-refractivity contribution in [3.05, 3.63) is 70.0 Å². The fraction of sp³-hybridized carbons (Fsp3) is 0.286. The highest BCUT2D eigenvalue weighted by atomic mass is 32.2. The topological polar surface area (TPSA) is 81.4 Å². The van der Waals surface area contributed by atoms with Crippen LogP contribution >= 0.6 is 11.8 Å². The van der Waals surface area contributed by atoms with E-state index in [0.717, 1.165) is 5.56 Å². The largest absolute Gasteiger partial charge is 0.465 e. The van der Waals surface area contributed by atoms with E-state index in [9.17, 15) is 14.7 Å². The van der Waals surface area contributed by atoms with Gasteiger partial charge in [-0.15, -0.1) is 0 Å². The Bertz CT molecular complexity index is 1050. The molecule has 28 heavy (non-hydrogen) atoms. The third-order valence-electron chi connectivity index (χ3n) is 4.34. The fourth-order valence-corrected chi connectivity index (χ4v) is 3.96. The van der Waals surface area contributed by atoms with Crippen LogP contribution in [-0.2, 0) is 11.3 Å². The van der Waals surface area contributed by atoms with E-state index in [4.69, 9.17) is 4.74 Å². The summed E-state index contributed by atoms with van der Waals surface area (Å²) in [6, 6.07) is 14.6. The molecule has 0 saturated carbocycles. The molecule has 0 aliphatic heterocycles. The lowest BCUT2D eigenvalue weighted by atomic mass is 10.1. The first-order valence-electron chi connectivity index (χ1n) is 8.93. The molecule has 1 heterocycles. The van der Waals surface area contributed by atoms with Crippen molar-refractivity contribution in [1.29, 1.82) is 0 Å². The van der Waals surface area contributed by atoms with E-state index in [0.29, 0.717) is 21.6 Å². The van der Waals surface area contributed by atoms with Crippen molar-refractivity contribution in [3.63, 3.8) is 0 Å². The number of carbonyl (C=O) groups excluding carboxylic acids is 1. The summed E-state index contributed by atoms with van der Waals surface area (Å²) < 4.78 is 6.25. The van der Waals surface area contributed by atoms with Gasteiger partial charge >= 0.3 is 5.97 Å². The van der Waals surface area contributed by atoms with Crippen molar-refractivity contribution in [2.45, 2.75) is 36.9 Å². The van der Waals surface area contributed by atoms with E-state index in [1.165, 1.54) is 23.4 Å². The Morgan fingerprint density at radius 2 is 1.93 bits per heavy atom. The molecule has 1 N–H and O–H groups in total. The molecule has 2 aromatic carbocycles. The summed E-state index contributed by atoms with van der Waals surface area (Å²) in [7, 11) is 1.31. The molecule has 0 radical (unpaired) electrons. The Hall–Kier alpha value is -2.64. The molecule has 3 aromatic rings. The van der Waals surface area contributed by atoms with E-state index in [2.05, 4.69) is 4.98 Å². The smallest absolute Gasteiger partial charge is 0.337 e. The van der Waals surface area contributed by atoms with Crippen LogP contribution in [-0.4, -0.2) is 33.8 Å². The minimum Gasteiger partial charge on any atom is -0.465 e. The summed E-state index contributed by atoms with van der Waals surface area (Å²) in [6.07, 6.45) is -0.697. The lowest BCUT2D eigenvalue weighted by molar-refractivity contribution is 0.0601. The molecule has 0 amide bonds. The number of hydrogen-bond acceptors (Lipinski definition) is 6. The number of methoxy groups -OCH3 is 1. The van der Waals surface area contributed by atoms with Crippen LogP contribution in [0, 0.1) is 0 Å². The molecular weight excluding hydrogens is 376 g/mol. The van der Waals surface area contributed by atoms with Crippen LogP contribution in [0.5, 0.6) is 0 Å². The average molecular weight is 398 g/mol. The van der Waals surface area contributed by atoms with Gasteiger partial charge in [0.15, 0.2) is 5.16 Å².